The van der Waals surface area contributed by atoms with Crippen molar-refractivity contribution in [2.45, 2.75) is 17.7 Å². The molecule has 1 N–H and O–H groups in total. The first-order chi connectivity index (χ1) is 14.8. The molecule has 168 valence electrons. The zero-order valence-electron chi connectivity index (χ0n) is 17.0. The lowest BCUT2D eigenvalue weighted by molar-refractivity contribution is -0.120. The molecule has 0 aromatic heterocycles. The summed E-state index contributed by atoms with van der Waals surface area (Å²) in [5.41, 5.74) is 0.639. The van der Waals surface area contributed by atoms with Crippen molar-refractivity contribution >= 4 is 33.2 Å². The third-order valence-electron chi connectivity index (χ3n) is 5.03. The number of nitrogens with zero attached hydrogens (tertiary/aromatic N) is 1. The number of halogens is 2. The molecule has 1 aliphatic rings. The van der Waals surface area contributed by atoms with Gasteiger partial charge in [-0.2, -0.15) is 4.31 Å². The summed E-state index contributed by atoms with van der Waals surface area (Å²) in [5, 5.41) is 2.61. The molecule has 1 heterocycles. The minimum absolute atomic E-state index is 0.0605. The van der Waals surface area contributed by atoms with E-state index in [1.165, 1.54) is 10.4 Å². The summed E-state index contributed by atoms with van der Waals surface area (Å²) in [7, 11) is -2.20. The third kappa shape index (κ3) is 5.94. The normalized spacial score (nSPS) is 15.6. The first kappa shape index (κ1) is 23.5. The number of benzene rings is 2. The number of anilines is 1. The van der Waals surface area contributed by atoms with E-state index in [1.807, 2.05) is 0 Å². The molecule has 0 aliphatic carbocycles. The van der Waals surface area contributed by atoms with Gasteiger partial charge in [-0.05, 0) is 55.3 Å². The van der Waals surface area contributed by atoms with Crippen LogP contribution in [-0.4, -0.2) is 52.0 Å². The second kappa shape index (κ2) is 10.4. The van der Waals surface area contributed by atoms with Gasteiger partial charge in [0.25, 0.3) is 0 Å². The fourth-order valence-corrected chi connectivity index (χ4v) is 5.01. The second-order valence-electron chi connectivity index (χ2n) is 7.11. The summed E-state index contributed by atoms with van der Waals surface area (Å²) in [6.45, 7) is 1.32. The number of amides is 1. The molecule has 0 spiro atoms. The van der Waals surface area contributed by atoms with Crippen LogP contribution in [0.3, 0.4) is 0 Å². The van der Waals surface area contributed by atoms with Crippen LogP contribution in [0.1, 0.15) is 12.8 Å². The average Bonchev–Trinajstić information content (AvgIpc) is 2.77. The van der Waals surface area contributed by atoms with Crippen LogP contribution in [0.2, 0.25) is 5.02 Å². The summed E-state index contributed by atoms with van der Waals surface area (Å²) in [4.78, 5) is 12.5. The molecular formula is C21H24ClFN2O5S. The first-order valence-electron chi connectivity index (χ1n) is 9.79. The number of rotatable bonds is 8. The van der Waals surface area contributed by atoms with Crippen LogP contribution in [0.25, 0.3) is 0 Å². The van der Waals surface area contributed by atoms with Crippen LogP contribution in [-0.2, 0) is 19.6 Å². The van der Waals surface area contributed by atoms with E-state index >= 15 is 0 Å². The molecule has 2 aromatic carbocycles. The van der Waals surface area contributed by atoms with Gasteiger partial charge in [0.2, 0.25) is 15.9 Å². The van der Waals surface area contributed by atoms with Crippen LogP contribution < -0.4 is 10.1 Å². The predicted molar refractivity (Wildman–Crippen MR) is 115 cm³/mol. The van der Waals surface area contributed by atoms with Crippen LogP contribution in [0, 0.1) is 11.7 Å². The summed E-state index contributed by atoms with van der Waals surface area (Å²) in [5.74, 6) is -0.462. The molecule has 0 unspecified atom stereocenters. The van der Waals surface area contributed by atoms with Gasteiger partial charge in [0.15, 0.2) is 0 Å². The van der Waals surface area contributed by atoms with E-state index in [4.69, 9.17) is 21.1 Å². The van der Waals surface area contributed by atoms with Crippen molar-refractivity contribution in [2.24, 2.45) is 5.92 Å². The molecule has 0 bridgehead atoms. The topological polar surface area (TPSA) is 84.9 Å². The molecule has 0 saturated carbocycles. The second-order valence-corrected chi connectivity index (χ2v) is 9.45. The number of carbonyl (C=O) groups is 1. The zero-order valence-corrected chi connectivity index (χ0v) is 18.6. The van der Waals surface area contributed by atoms with Gasteiger partial charge in [0.05, 0.1) is 16.5 Å². The Kier molecular flexibility index (Phi) is 7.88. The molecule has 0 atom stereocenters. The summed E-state index contributed by atoms with van der Waals surface area (Å²) < 4.78 is 50.6. The lowest BCUT2D eigenvalue weighted by atomic mass is 9.97. The lowest BCUT2D eigenvalue weighted by Gasteiger charge is -2.30. The van der Waals surface area contributed by atoms with Gasteiger partial charge >= 0.3 is 0 Å². The molecule has 7 nitrogen and oxygen atoms in total. The van der Waals surface area contributed by atoms with Crippen molar-refractivity contribution in [3.63, 3.8) is 0 Å². The molecule has 1 aliphatic heterocycles. The number of nitrogens with one attached hydrogen (secondary N) is 1. The number of piperidine rings is 1. The number of hydrogen-bond acceptors (Lipinski definition) is 5. The predicted octanol–water partition coefficient (Wildman–Crippen LogP) is 3.54. The monoisotopic (exact) mass is 470 g/mol. The van der Waals surface area contributed by atoms with Gasteiger partial charge in [0.1, 0.15) is 18.2 Å². The summed E-state index contributed by atoms with van der Waals surface area (Å²) in [6, 6.07) is 10.3. The summed E-state index contributed by atoms with van der Waals surface area (Å²) in [6.07, 6.45) is 0.774. The molecular weight excluding hydrogens is 447 g/mol. The van der Waals surface area contributed by atoms with Crippen molar-refractivity contribution in [2.75, 3.05) is 38.7 Å². The van der Waals surface area contributed by atoms with Crippen LogP contribution >= 0.6 is 11.6 Å². The Balaban J connectivity index is 1.54. The first-order valence-corrected chi connectivity index (χ1v) is 11.6. The van der Waals surface area contributed by atoms with Gasteiger partial charge in [-0.15, -0.1) is 0 Å². The standard InChI is InChI=1S/C21H24ClFN2O5S/c1-29-12-13-30-17-4-2-16(3-5-17)24-21(26)15-8-10-25(11-9-15)31(27,28)18-6-7-20(23)19(22)14-18/h2-7,14-15H,8-13H2,1H3,(H,24,26). The molecule has 1 amide bonds. The average molecular weight is 471 g/mol. The highest BCUT2D eigenvalue weighted by molar-refractivity contribution is 7.89. The van der Waals surface area contributed by atoms with E-state index < -0.39 is 15.8 Å². The fraction of sp³-hybridized carbons (Fsp3) is 0.381. The Morgan fingerprint density at radius 1 is 1.16 bits per heavy atom. The minimum Gasteiger partial charge on any atom is -0.491 e. The van der Waals surface area contributed by atoms with E-state index in [-0.39, 0.29) is 34.8 Å². The number of carbonyl (C=O) groups excluding carboxylic acids is 1. The highest BCUT2D eigenvalue weighted by Crippen LogP contribution is 2.27. The number of ether oxygens (including phenoxy) is 2. The van der Waals surface area contributed by atoms with E-state index in [9.17, 15) is 17.6 Å². The quantitative estimate of drug-likeness (QED) is 0.596. The van der Waals surface area contributed by atoms with Crippen LogP contribution in [0.5, 0.6) is 5.75 Å². The molecule has 3 rings (SSSR count). The van der Waals surface area contributed by atoms with Crippen LogP contribution in [0.4, 0.5) is 10.1 Å². The third-order valence-corrected chi connectivity index (χ3v) is 7.22. The lowest BCUT2D eigenvalue weighted by Crippen LogP contribution is -2.41. The van der Waals surface area contributed by atoms with E-state index in [1.54, 1.807) is 31.4 Å². The highest BCUT2D eigenvalue weighted by Gasteiger charge is 2.32. The number of sulfonamides is 1. The molecule has 1 saturated heterocycles. The number of methoxy groups -OCH3 is 1. The van der Waals surface area contributed by atoms with Crippen molar-refractivity contribution in [1.82, 2.24) is 4.31 Å². The maximum absolute atomic E-state index is 13.3. The molecule has 2 aromatic rings. The minimum atomic E-state index is -3.80. The smallest absolute Gasteiger partial charge is 0.243 e. The Labute approximate surface area is 186 Å². The molecule has 10 heteroatoms. The summed E-state index contributed by atoms with van der Waals surface area (Å²) >= 11 is 5.72. The van der Waals surface area contributed by atoms with Gasteiger partial charge in [-0.3, -0.25) is 4.79 Å². The molecule has 0 radical (unpaired) electrons. The maximum Gasteiger partial charge on any atom is 0.243 e. The molecule has 1 fully saturated rings. The fourth-order valence-electron chi connectivity index (χ4n) is 3.27. The van der Waals surface area contributed by atoms with E-state index in [0.29, 0.717) is 37.5 Å². The Hall–Kier alpha value is -2.20. The van der Waals surface area contributed by atoms with Gasteiger partial charge in [0, 0.05) is 31.8 Å². The maximum atomic E-state index is 13.3. The largest absolute Gasteiger partial charge is 0.491 e. The van der Waals surface area contributed by atoms with Crippen molar-refractivity contribution in [3.05, 3.63) is 53.3 Å². The Bertz CT molecular complexity index is 1010. The SMILES string of the molecule is COCCOc1ccc(NC(=O)C2CCN(S(=O)(=O)c3ccc(F)c(Cl)c3)CC2)cc1. The highest BCUT2D eigenvalue weighted by atomic mass is 35.5. The van der Waals surface area contributed by atoms with E-state index in [2.05, 4.69) is 5.32 Å². The van der Waals surface area contributed by atoms with Gasteiger partial charge < -0.3 is 14.8 Å². The van der Waals surface area contributed by atoms with Gasteiger partial charge in [-0.1, -0.05) is 11.6 Å². The van der Waals surface area contributed by atoms with Crippen molar-refractivity contribution in [3.8, 4) is 5.75 Å². The Morgan fingerprint density at radius 2 is 1.84 bits per heavy atom. The van der Waals surface area contributed by atoms with E-state index in [0.717, 1.165) is 12.1 Å². The molecule has 31 heavy (non-hydrogen) atoms. The zero-order chi connectivity index (χ0) is 22.4. The Morgan fingerprint density at radius 3 is 2.45 bits per heavy atom. The van der Waals surface area contributed by atoms with Crippen LogP contribution in [0.15, 0.2) is 47.4 Å². The van der Waals surface area contributed by atoms with Crippen molar-refractivity contribution in [1.29, 1.82) is 0 Å². The number of hydrogen-bond donors (Lipinski definition) is 1. The van der Waals surface area contributed by atoms with Crippen molar-refractivity contribution < 1.29 is 27.1 Å². The van der Waals surface area contributed by atoms with Gasteiger partial charge in [-0.25, -0.2) is 12.8 Å².